The van der Waals surface area contributed by atoms with Crippen molar-refractivity contribution in [1.82, 2.24) is 15.2 Å². The molecule has 0 spiro atoms. The molecule has 3 aromatic rings. The SMILES string of the molecule is CCOC(=O)N1CCC(NC(=O)Nc2ccccc2-c2nc3ccccc3s2)CC1. The fraction of sp³-hybridized carbons (Fsp3) is 0.318. The molecule has 2 N–H and O–H groups in total. The van der Waals surface area contributed by atoms with E-state index < -0.39 is 0 Å². The van der Waals surface area contributed by atoms with Crippen LogP contribution in [0.15, 0.2) is 48.5 Å². The first-order valence-corrected chi connectivity index (χ1v) is 10.9. The molecule has 0 aliphatic carbocycles. The van der Waals surface area contributed by atoms with Gasteiger partial charge in [-0.25, -0.2) is 14.6 Å². The maximum Gasteiger partial charge on any atom is 0.409 e. The molecule has 1 aliphatic heterocycles. The van der Waals surface area contributed by atoms with Crippen LogP contribution in [0.25, 0.3) is 20.8 Å². The number of benzene rings is 2. The van der Waals surface area contributed by atoms with Gasteiger partial charge in [0.2, 0.25) is 0 Å². The number of nitrogens with zero attached hydrogens (tertiary/aromatic N) is 2. The Hall–Kier alpha value is -3.13. The molecule has 156 valence electrons. The third-order valence-electron chi connectivity index (χ3n) is 5.06. The summed E-state index contributed by atoms with van der Waals surface area (Å²) in [6.07, 6.45) is 1.11. The van der Waals surface area contributed by atoms with E-state index in [-0.39, 0.29) is 18.2 Å². The number of rotatable bonds is 4. The lowest BCUT2D eigenvalue weighted by Gasteiger charge is -2.31. The molecule has 4 rings (SSSR count). The van der Waals surface area contributed by atoms with Crippen LogP contribution in [0, 0.1) is 0 Å². The van der Waals surface area contributed by atoms with E-state index in [4.69, 9.17) is 9.72 Å². The second-order valence-electron chi connectivity index (χ2n) is 7.09. The van der Waals surface area contributed by atoms with Gasteiger partial charge in [-0.1, -0.05) is 24.3 Å². The number of ether oxygens (including phenoxy) is 1. The highest BCUT2D eigenvalue weighted by Crippen LogP contribution is 2.34. The van der Waals surface area contributed by atoms with Gasteiger partial charge in [0.25, 0.3) is 0 Å². The zero-order valence-electron chi connectivity index (χ0n) is 16.8. The minimum atomic E-state index is -0.287. The molecule has 8 heteroatoms. The molecule has 0 radical (unpaired) electrons. The van der Waals surface area contributed by atoms with Crippen molar-refractivity contribution in [2.24, 2.45) is 0 Å². The molecule has 0 saturated carbocycles. The summed E-state index contributed by atoms with van der Waals surface area (Å²) in [5, 5.41) is 6.85. The van der Waals surface area contributed by atoms with Crippen molar-refractivity contribution in [2.75, 3.05) is 25.0 Å². The number of likely N-dealkylation sites (tertiary alicyclic amines) is 1. The van der Waals surface area contributed by atoms with E-state index in [9.17, 15) is 9.59 Å². The number of aromatic nitrogens is 1. The molecule has 30 heavy (non-hydrogen) atoms. The number of piperidine rings is 1. The fourth-order valence-electron chi connectivity index (χ4n) is 3.53. The van der Waals surface area contributed by atoms with Crippen LogP contribution < -0.4 is 10.6 Å². The molecule has 1 fully saturated rings. The van der Waals surface area contributed by atoms with Crippen LogP contribution in [0.1, 0.15) is 19.8 Å². The van der Waals surface area contributed by atoms with Crippen molar-refractivity contribution >= 4 is 39.4 Å². The number of carbonyl (C=O) groups excluding carboxylic acids is 2. The third-order valence-corrected chi connectivity index (χ3v) is 6.13. The lowest BCUT2D eigenvalue weighted by molar-refractivity contribution is 0.0959. The average Bonchev–Trinajstić information content (AvgIpc) is 3.19. The minimum Gasteiger partial charge on any atom is -0.450 e. The number of carbonyl (C=O) groups is 2. The van der Waals surface area contributed by atoms with E-state index in [2.05, 4.69) is 10.6 Å². The number of fused-ring (bicyclic) bond motifs is 1. The van der Waals surface area contributed by atoms with Crippen molar-refractivity contribution in [3.8, 4) is 10.6 Å². The van der Waals surface area contributed by atoms with Gasteiger partial charge in [-0.05, 0) is 44.0 Å². The minimum absolute atomic E-state index is 0.0188. The third kappa shape index (κ3) is 4.54. The number of nitrogens with one attached hydrogen (secondary N) is 2. The maximum absolute atomic E-state index is 12.6. The van der Waals surface area contributed by atoms with Crippen molar-refractivity contribution in [2.45, 2.75) is 25.8 Å². The summed E-state index contributed by atoms with van der Waals surface area (Å²) in [6.45, 7) is 3.31. The normalized spacial score (nSPS) is 14.5. The Morgan fingerprint density at radius 3 is 2.63 bits per heavy atom. The molecule has 7 nitrogen and oxygen atoms in total. The largest absolute Gasteiger partial charge is 0.450 e. The summed E-state index contributed by atoms with van der Waals surface area (Å²) in [4.78, 5) is 30.8. The molecule has 2 heterocycles. The highest BCUT2D eigenvalue weighted by molar-refractivity contribution is 7.21. The number of thiazole rings is 1. The highest BCUT2D eigenvalue weighted by atomic mass is 32.1. The van der Waals surface area contributed by atoms with Crippen molar-refractivity contribution in [3.05, 3.63) is 48.5 Å². The molecule has 2 aromatic carbocycles. The van der Waals surface area contributed by atoms with Gasteiger partial charge in [0.05, 0.1) is 22.5 Å². The summed E-state index contributed by atoms with van der Waals surface area (Å²) < 4.78 is 6.15. The van der Waals surface area contributed by atoms with Gasteiger partial charge in [-0.15, -0.1) is 11.3 Å². The van der Waals surface area contributed by atoms with E-state index in [1.807, 2.05) is 48.5 Å². The zero-order valence-corrected chi connectivity index (χ0v) is 17.6. The van der Waals surface area contributed by atoms with Crippen molar-refractivity contribution in [1.29, 1.82) is 0 Å². The Bertz CT molecular complexity index is 1010. The van der Waals surface area contributed by atoms with E-state index in [0.29, 0.717) is 32.5 Å². The quantitative estimate of drug-likeness (QED) is 0.636. The van der Waals surface area contributed by atoms with Crippen molar-refractivity contribution < 1.29 is 14.3 Å². The van der Waals surface area contributed by atoms with Crippen LogP contribution in [0.2, 0.25) is 0 Å². The first-order chi connectivity index (χ1) is 14.6. The summed E-state index contributed by atoms with van der Waals surface area (Å²) >= 11 is 1.60. The number of anilines is 1. The average molecular weight is 425 g/mol. The van der Waals surface area contributed by atoms with E-state index in [1.54, 1.807) is 23.2 Å². The molecule has 0 bridgehead atoms. The van der Waals surface area contributed by atoms with Crippen LogP contribution in [0.4, 0.5) is 15.3 Å². The molecule has 1 aliphatic rings. The molecule has 3 amide bonds. The number of hydrogen-bond acceptors (Lipinski definition) is 5. The zero-order chi connectivity index (χ0) is 20.9. The van der Waals surface area contributed by atoms with Crippen LogP contribution >= 0.6 is 11.3 Å². The van der Waals surface area contributed by atoms with Gasteiger partial charge in [0, 0.05) is 24.7 Å². The van der Waals surface area contributed by atoms with E-state index >= 15 is 0 Å². The predicted octanol–water partition coefficient (Wildman–Crippen LogP) is 4.71. The molecule has 1 saturated heterocycles. The first kappa shape index (κ1) is 20.2. The summed E-state index contributed by atoms with van der Waals surface area (Å²) in [7, 11) is 0. The number of hydrogen-bond donors (Lipinski definition) is 2. The van der Waals surface area contributed by atoms with Gasteiger partial charge in [-0.2, -0.15) is 0 Å². The van der Waals surface area contributed by atoms with E-state index in [1.165, 1.54) is 0 Å². The molecule has 0 atom stereocenters. The summed E-state index contributed by atoms with van der Waals surface area (Å²) in [5.74, 6) is 0. The molecular formula is C22H24N4O3S. The smallest absolute Gasteiger partial charge is 0.409 e. The standard InChI is InChI=1S/C22H24N4O3S/c1-2-29-22(28)26-13-11-15(12-14-26)23-21(27)25-17-8-4-3-7-16(17)20-24-18-9-5-6-10-19(18)30-20/h3-10,15H,2,11-14H2,1H3,(H2,23,25,27). The second-order valence-corrected chi connectivity index (χ2v) is 8.12. The van der Waals surface area contributed by atoms with Crippen LogP contribution in [0.3, 0.4) is 0 Å². The van der Waals surface area contributed by atoms with E-state index in [0.717, 1.165) is 26.5 Å². The Labute approximate surface area is 179 Å². The number of para-hydroxylation sites is 2. The lowest BCUT2D eigenvalue weighted by Crippen LogP contribution is -2.47. The monoisotopic (exact) mass is 424 g/mol. The Morgan fingerprint density at radius 1 is 1.13 bits per heavy atom. The number of urea groups is 1. The Kier molecular flexibility index (Phi) is 6.13. The molecule has 1 aromatic heterocycles. The van der Waals surface area contributed by atoms with Gasteiger partial charge in [0.15, 0.2) is 0 Å². The predicted molar refractivity (Wildman–Crippen MR) is 119 cm³/mol. The first-order valence-electron chi connectivity index (χ1n) is 10.1. The summed E-state index contributed by atoms with van der Waals surface area (Å²) in [5.41, 5.74) is 2.56. The lowest BCUT2D eigenvalue weighted by atomic mass is 10.1. The maximum atomic E-state index is 12.6. The van der Waals surface area contributed by atoms with Crippen LogP contribution in [-0.2, 0) is 4.74 Å². The van der Waals surface area contributed by atoms with Gasteiger partial charge < -0.3 is 20.3 Å². The van der Waals surface area contributed by atoms with Crippen LogP contribution in [-0.4, -0.2) is 47.7 Å². The molecule has 0 unspecified atom stereocenters. The fourth-order valence-corrected chi connectivity index (χ4v) is 4.54. The van der Waals surface area contributed by atoms with Gasteiger partial charge in [-0.3, -0.25) is 0 Å². The second kappa shape index (κ2) is 9.13. The Balaban J connectivity index is 1.39. The van der Waals surface area contributed by atoms with Crippen LogP contribution in [0.5, 0.6) is 0 Å². The van der Waals surface area contributed by atoms with Gasteiger partial charge >= 0.3 is 12.1 Å². The van der Waals surface area contributed by atoms with Crippen molar-refractivity contribution in [3.63, 3.8) is 0 Å². The number of amides is 3. The Morgan fingerprint density at radius 2 is 1.87 bits per heavy atom. The highest BCUT2D eigenvalue weighted by Gasteiger charge is 2.24. The summed E-state index contributed by atoms with van der Waals surface area (Å²) in [6, 6.07) is 15.4. The topological polar surface area (TPSA) is 83.6 Å². The van der Waals surface area contributed by atoms with Gasteiger partial charge in [0.1, 0.15) is 5.01 Å². The molecular weight excluding hydrogens is 400 g/mol.